The Balaban J connectivity index is 2.26. The van der Waals surface area contributed by atoms with E-state index in [9.17, 15) is 14.0 Å². The third-order valence-corrected chi connectivity index (χ3v) is 6.40. The molecule has 2 rings (SSSR count). The fraction of sp³-hybridized carbons (Fsp3) is 0.520. The highest BCUT2D eigenvalue weighted by molar-refractivity contribution is 6.65. The minimum Gasteiger partial charge on any atom is -0.481 e. The molecule has 1 aliphatic rings. The zero-order valence-electron chi connectivity index (χ0n) is 22.0. The molecule has 0 radical (unpaired) electrons. The van der Waals surface area contributed by atoms with Crippen LogP contribution in [-0.2, 0) is 14.3 Å². The molecule has 2 amide bonds. The van der Waals surface area contributed by atoms with Crippen molar-refractivity contribution in [3.05, 3.63) is 35.5 Å². The van der Waals surface area contributed by atoms with Crippen molar-refractivity contribution in [3.63, 3.8) is 0 Å². The molecule has 6 N–H and O–H groups in total. The van der Waals surface area contributed by atoms with Crippen LogP contribution in [0.1, 0.15) is 51.1 Å². The van der Waals surface area contributed by atoms with Crippen LogP contribution in [0.2, 0.25) is 0 Å². The first kappa shape index (κ1) is 30.4. The zero-order valence-corrected chi connectivity index (χ0v) is 22.0. The molecule has 1 heterocycles. The number of oxime groups is 1. The number of aliphatic imine (C=N–C) groups is 1. The van der Waals surface area contributed by atoms with Gasteiger partial charge in [-0.3, -0.25) is 20.0 Å². The predicted molar refractivity (Wildman–Crippen MR) is 140 cm³/mol. The Kier molecular flexibility index (Phi) is 11.8. The van der Waals surface area contributed by atoms with Crippen molar-refractivity contribution in [2.24, 2.45) is 27.7 Å². The molecule has 0 spiro atoms. The Morgan fingerprint density at radius 2 is 2.03 bits per heavy atom. The second-order valence-corrected chi connectivity index (χ2v) is 9.14. The van der Waals surface area contributed by atoms with Crippen molar-refractivity contribution in [2.45, 2.75) is 51.6 Å². The minimum atomic E-state index is -0.965. The quantitative estimate of drug-likeness (QED) is 0.155. The lowest BCUT2D eigenvalue weighted by Gasteiger charge is -2.32. The number of hydrogen-bond donors (Lipinski definition) is 5. The first-order valence-corrected chi connectivity index (χ1v) is 12.2. The first-order chi connectivity index (χ1) is 18.1. The van der Waals surface area contributed by atoms with E-state index in [0.717, 1.165) is 25.2 Å². The van der Waals surface area contributed by atoms with E-state index in [1.54, 1.807) is 0 Å². The highest BCUT2D eigenvalue weighted by atomic mass is 19.1. The summed E-state index contributed by atoms with van der Waals surface area (Å²) in [4.78, 5) is 34.3. The van der Waals surface area contributed by atoms with Crippen LogP contribution in [0.4, 0.5) is 4.39 Å². The molecular formula is C25H36FN7O5. The van der Waals surface area contributed by atoms with Gasteiger partial charge in [0, 0.05) is 25.1 Å². The number of pyridine rings is 1. The van der Waals surface area contributed by atoms with E-state index in [-0.39, 0.29) is 29.8 Å². The van der Waals surface area contributed by atoms with Crippen LogP contribution >= 0.6 is 0 Å². The fourth-order valence-electron chi connectivity index (χ4n) is 4.17. The second-order valence-electron chi connectivity index (χ2n) is 9.14. The van der Waals surface area contributed by atoms with Gasteiger partial charge in [-0.25, -0.2) is 9.37 Å². The number of ether oxygens (including phenoxy) is 2. The lowest BCUT2D eigenvalue weighted by Crippen LogP contribution is -2.53. The third kappa shape index (κ3) is 8.33. The molecule has 1 aliphatic carbocycles. The average Bonchev–Trinajstić information content (AvgIpc) is 2.92. The van der Waals surface area contributed by atoms with Crippen LogP contribution in [0.25, 0.3) is 0 Å². The highest BCUT2D eigenvalue weighted by Crippen LogP contribution is 2.31. The Morgan fingerprint density at radius 3 is 2.61 bits per heavy atom. The summed E-state index contributed by atoms with van der Waals surface area (Å²) in [5.74, 6) is -1.45. The van der Waals surface area contributed by atoms with E-state index in [1.807, 2.05) is 0 Å². The summed E-state index contributed by atoms with van der Waals surface area (Å²) in [7, 11) is 2.86. The molecule has 13 heteroatoms. The Hall–Kier alpha value is -3.87. The first-order valence-electron chi connectivity index (χ1n) is 12.2. The largest absolute Gasteiger partial charge is 0.481 e. The monoisotopic (exact) mass is 533 g/mol. The number of amides is 2. The third-order valence-electron chi connectivity index (χ3n) is 6.40. The summed E-state index contributed by atoms with van der Waals surface area (Å²) in [5, 5.41) is 25.0. The van der Waals surface area contributed by atoms with Gasteiger partial charge < -0.3 is 31.0 Å². The molecule has 1 aromatic rings. The van der Waals surface area contributed by atoms with Crippen molar-refractivity contribution >= 4 is 29.5 Å². The molecule has 0 aromatic carbocycles. The van der Waals surface area contributed by atoms with Gasteiger partial charge in [0.1, 0.15) is 29.3 Å². The van der Waals surface area contributed by atoms with Crippen molar-refractivity contribution in [1.29, 1.82) is 5.41 Å². The molecule has 0 aliphatic heterocycles. The van der Waals surface area contributed by atoms with E-state index in [0.29, 0.717) is 24.3 Å². The number of carbonyl (C=O) groups is 2. The van der Waals surface area contributed by atoms with Crippen LogP contribution in [0.3, 0.4) is 0 Å². The number of nitrogens with two attached hydrogens (primary N) is 1. The number of carbonyl (C=O) groups excluding carboxylic acids is 2. The zero-order chi connectivity index (χ0) is 28.2. The molecule has 2 unspecified atom stereocenters. The predicted octanol–water partition coefficient (Wildman–Crippen LogP) is 2.08. The summed E-state index contributed by atoms with van der Waals surface area (Å²) in [6.07, 6.45) is 6.66. The topological polar surface area (TPSA) is 184 Å². The Bertz CT molecular complexity index is 1080. The number of allylic oxidation sites excluding steroid dienone is 1. The summed E-state index contributed by atoms with van der Waals surface area (Å²) in [5.41, 5.74) is 5.48. The average molecular weight is 534 g/mol. The van der Waals surface area contributed by atoms with E-state index in [4.69, 9.17) is 25.8 Å². The molecule has 1 saturated carbocycles. The van der Waals surface area contributed by atoms with Crippen LogP contribution in [0.5, 0.6) is 5.88 Å². The maximum absolute atomic E-state index is 13.9. The molecule has 1 fully saturated rings. The van der Waals surface area contributed by atoms with E-state index in [1.165, 1.54) is 33.4 Å². The summed E-state index contributed by atoms with van der Waals surface area (Å²) >= 11 is 0. The maximum atomic E-state index is 13.9. The Morgan fingerprint density at radius 1 is 1.34 bits per heavy atom. The van der Waals surface area contributed by atoms with E-state index in [2.05, 4.69) is 32.7 Å². The van der Waals surface area contributed by atoms with Crippen LogP contribution in [0.15, 0.2) is 34.3 Å². The van der Waals surface area contributed by atoms with Gasteiger partial charge in [0.2, 0.25) is 11.8 Å². The van der Waals surface area contributed by atoms with Crippen molar-refractivity contribution in [2.75, 3.05) is 20.8 Å². The molecule has 0 saturated heterocycles. The summed E-state index contributed by atoms with van der Waals surface area (Å²) < 4.78 is 24.3. The highest BCUT2D eigenvalue weighted by Gasteiger charge is 2.33. The minimum absolute atomic E-state index is 0.0661. The smallest absolute Gasteiger partial charge is 0.271 e. The number of methoxy groups -OCH3 is 2. The van der Waals surface area contributed by atoms with Gasteiger partial charge in [0.25, 0.3) is 5.91 Å². The van der Waals surface area contributed by atoms with Crippen LogP contribution in [0, 0.1) is 23.1 Å². The molecule has 38 heavy (non-hydrogen) atoms. The lowest BCUT2D eigenvalue weighted by atomic mass is 9.79. The Labute approximate surface area is 221 Å². The van der Waals surface area contributed by atoms with Gasteiger partial charge in [-0.15, -0.1) is 0 Å². The van der Waals surface area contributed by atoms with Crippen molar-refractivity contribution in [1.82, 2.24) is 15.6 Å². The summed E-state index contributed by atoms with van der Waals surface area (Å²) in [6.45, 7) is 3.51. The fourth-order valence-corrected chi connectivity index (χ4v) is 4.17. The molecule has 208 valence electrons. The molecule has 12 nitrogen and oxygen atoms in total. The maximum Gasteiger partial charge on any atom is 0.271 e. The number of nitrogens with zero attached hydrogens (tertiary/aromatic N) is 3. The van der Waals surface area contributed by atoms with Gasteiger partial charge in [-0.2, -0.15) is 0 Å². The number of nitrogens with one attached hydrogen (secondary N) is 3. The van der Waals surface area contributed by atoms with E-state index >= 15 is 0 Å². The van der Waals surface area contributed by atoms with Crippen LogP contribution in [-0.4, -0.2) is 66.5 Å². The number of hydrogen-bond acceptors (Lipinski definition) is 10. The molecule has 0 bridgehead atoms. The number of halogens is 1. The molecule has 1 aromatic heterocycles. The second kappa shape index (κ2) is 14.8. The van der Waals surface area contributed by atoms with Crippen molar-refractivity contribution < 1.29 is 28.7 Å². The normalized spacial score (nSPS) is 20.0. The van der Waals surface area contributed by atoms with Crippen molar-refractivity contribution in [3.8, 4) is 5.88 Å². The van der Waals surface area contributed by atoms with Gasteiger partial charge in [-0.05, 0) is 37.7 Å². The summed E-state index contributed by atoms with van der Waals surface area (Å²) in [6, 6.07) is -0.450. The van der Waals surface area contributed by atoms with Gasteiger partial charge in [0.15, 0.2) is 0 Å². The standard InChI is InChI=1S/C25H36FN7O5/c1-14-5-7-16(8-6-14)22(32-23(34)21(28)15(2)33-36)24(35)31-18(10-27)12-29-20(13-37-3)19-9-17(26)11-30-25(19)38-4/h9-12,14,16,20,22,28,36H,5-8,13,27H2,1-4H3,(H,31,35)(H,32,34)/b18-10+,28-21?,29-12?,33-15-. The molecule has 2 atom stereocenters. The molecular weight excluding hydrogens is 497 g/mol. The van der Waals surface area contributed by atoms with Gasteiger partial charge in [-0.1, -0.05) is 24.9 Å². The number of rotatable bonds is 12. The van der Waals surface area contributed by atoms with E-state index < -0.39 is 35.4 Å². The van der Waals surface area contributed by atoms with Gasteiger partial charge in [0.05, 0.1) is 25.6 Å². The number of aromatic nitrogens is 1. The van der Waals surface area contributed by atoms with Crippen LogP contribution < -0.4 is 21.1 Å². The SMILES string of the molecule is COCC(N=C/C(=C\N)NC(=O)C(NC(=O)C(=N)/C(C)=N\O)C1CCC(C)CC1)c1cc(F)cnc1OC. The lowest BCUT2D eigenvalue weighted by molar-refractivity contribution is -0.127. The van der Waals surface area contributed by atoms with Gasteiger partial charge >= 0.3 is 0 Å².